The number of imidazole rings is 1. The van der Waals surface area contributed by atoms with Crippen molar-refractivity contribution in [2.24, 2.45) is 17.8 Å². The number of hydrogen-bond acceptors (Lipinski definition) is 4. The topological polar surface area (TPSA) is 73.3 Å². The van der Waals surface area contributed by atoms with Crippen molar-refractivity contribution in [3.8, 4) is 11.3 Å². The molecule has 4 atom stereocenters. The van der Waals surface area contributed by atoms with Crippen molar-refractivity contribution >= 4 is 17.6 Å². The molecule has 126 valence electrons. The van der Waals surface area contributed by atoms with E-state index in [-0.39, 0.29) is 0 Å². The average molecular weight is 332 g/mol. The number of aromatic nitrogens is 3. The number of anilines is 1. The second kappa shape index (κ2) is 5.15. The molecule has 1 aromatic carbocycles. The first-order valence-electron chi connectivity index (χ1n) is 8.85. The van der Waals surface area contributed by atoms with Crippen molar-refractivity contribution in [3.63, 3.8) is 0 Å². The fourth-order valence-corrected chi connectivity index (χ4v) is 4.68. The van der Waals surface area contributed by atoms with E-state index < -0.39 is 0 Å². The lowest BCUT2D eigenvalue weighted by atomic mass is 10.00. The molecule has 5 rings (SSSR count). The molecule has 2 aliphatic carbocycles. The predicted octanol–water partition coefficient (Wildman–Crippen LogP) is 3.55. The average Bonchev–Trinajstić information content (AvgIpc) is 3.02. The Bertz CT molecular complexity index is 963. The minimum Gasteiger partial charge on any atom is -0.382 e. The van der Waals surface area contributed by atoms with Gasteiger partial charge in [-0.3, -0.25) is 9.20 Å². The SMILES string of the molecule is CC1[C@H]2CC(c3nc(-c4ccc(C=O)cc4)c4c(N)nccn34)C[C@@H]12. The van der Waals surface area contributed by atoms with Crippen LogP contribution < -0.4 is 5.73 Å². The summed E-state index contributed by atoms with van der Waals surface area (Å²) in [5.41, 5.74) is 9.53. The second-order valence-corrected chi connectivity index (χ2v) is 7.44. The molecule has 25 heavy (non-hydrogen) atoms. The Kier molecular flexibility index (Phi) is 3.02. The van der Waals surface area contributed by atoms with Gasteiger partial charge in [0.05, 0.1) is 0 Å². The predicted molar refractivity (Wildman–Crippen MR) is 96.3 cm³/mol. The van der Waals surface area contributed by atoms with Crippen LogP contribution in [-0.2, 0) is 0 Å². The normalized spacial score (nSPS) is 27.4. The Hall–Kier alpha value is -2.69. The third-order valence-electron chi connectivity index (χ3n) is 6.17. The molecule has 5 nitrogen and oxygen atoms in total. The lowest BCUT2D eigenvalue weighted by Crippen LogP contribution is -2.05. The molecule has 0 bridgehead atoms. The zero-order valence-corrected chi connectivity index (χ0v) is 14.1. The first-order chi connectivity index (χ1) is 12.2. The number of hydrogen-bond donors (Lipinski definition) is 1. The highest BCUT2D eigenvalue weighted by Gasteiger charge is 2.54. The van der Waals surface area contributed by atoms with Gasteiger partial charge in [-0.2, -0.15) is 0 Å². The van der Waals surface area contributed by atoms with Crippen molar-refractivity contribution in [1.82, 2.24) is 14.4 Å². The summed E-state index contributed by atoms with van der Waals surface area (Å²) < 4.78 is 2.12. The standard InChI is InChI=1S/C20H20N4O/c1-11-15-8-14(9-16(11)15)20-23-17(13-4-2-12(10-25)3-5-13)18-19(21)22-6-7-24(18)20/h2-7,10-11,14-16H,8-9H2,1H3,(H2,21,22)/t11?,14?,15-,16+. The van der Waals surface area contributed by atoms with E-state index in [2.05, 4.69) is 16.3 Å². The van der Waals surface area contributed by atoms with Crippen LogP contribution in [0.5, 0.6) is 0 Å². The smallest absolute Gasteiger partial charge is 0.150 e. The molecule has 2 heterocycles. The summed E-state index contributed by atoms with van der Waals surface area (Å²) in [5, 5.41) is 0. The number of rotatable bonds is 3. The van der Waals surface area contributed by atoms with Gasteiger partial charge >= 0.3 is 0 Å². The van der Waals surface area contributed by atoms with Crippen LogP contribution in [0.1, 0.15) is 41.9 Å². The number of aldehydes is 1. The lowest BCUT2D eigenvalue weighted by molar-refractivity contribution is 0.112. The molecule has 2 saturated carbocycles. The summed E-state index contributed by atoms with van der Waals surface area (Å²) in [6, 6.07) is 7.48. The molecule has 2 aromatic heterocycles. The van der Waals surface area contributed by atoms with Crippen molar-refractivity contribution in [2.75, 3.05) is 5.73 Å². The molecule has 3 aromatic rings. The summed E-state index contributed by atoms with van der Waals surface area (Å²) in [5.74, 6) is 4.69. The zero-order chi connectivity index (χ0) is 17.1. The highest BCUT2D eigenvalue weighted by Crippen LogP contribution is 2.61. The summed E-state index contributed by atoms with van der Waals surface area (Å²) in [4.78, 5) is 20.2. The van der Waals surface area contributed by atoms with Gasteiger partial charge in [0.1, 0.15) is 29.1 Å². The Morgan fingerprint density at radius 2 is 1.92 bits per heavy atom. The summed E-state index contributed by atoms with van der Waals surface area (Å²) in [7, 11) is 0. The van der Waals surface area contributed by atoms with E-state index in [0.717, 1.165) is 46.6 Å². The number of carbonyl (C=O) groups excluding carboxylic acids is 1. The molecule has 2 aliphatic rings. The van der Waals surface area contributed by atoms with Crippen molar-refractivity contribution in [1.29, 1.82) is 0 Å². The van der Waals surface area contributed by atoms with Crippen LogP contribution in [0.15, 0.2) is 36.7 Å². The number of nitrogens with zero attached hydrogens (tertiary/aromatic N) is 3. The Morgan fingerprint density at radius 1 is 1.20 bits per heavy atom. The number of fused-ring (bicyclic) bond motifs is 2. The van der Waals surface area contributed by atoms with Crippen LogP contribution in [0.25, 0.3) is 16.8 Å². The van der Waals surface area contributed by atoms with Crippen molar-refractivity contribution < 1.29 is 4.79 Å². The third kappa shape index (κ3) is 2.11. The van der Waals surface area contributed by atoms with Crippen LogP contribution in [0.3, 0.4) is 0 Å². The van der Waals surface area contributed by atoms with E-state index in [9.17, 15) is 4.79 Å². The Labute approximate surface area is 145 Å². The molecule has 2 N–H and O–H groups in total. The van der Waals surface area contributed by atoms with Crippen LogP contribution in [0.2, 0.25) is 0 Å². The highest BCUT2D eigenvalue weighted by atomic mass is 16.1. The minimum absolute atomic E-state index is 0.489. The van der Waals surface area contributed by atoms with E-state index >= 15 is 0 Å². The number of nitrogens with two attached hydrogens (primary N) is 1. The maximum absolute atomic E-state index is 10.9. The molecule has 0 amide bonds. The van der Waals surface area contributed by atoms with E-state index in [4.69, 9.17) is 10.7 Å². The summed E-state index contributed by atoms with van der Waals surface area (Å²) in [6.45, 7) is 2.36. The minimum atomic E-state index is 0.489. The van der Waals surface area contributed by atoms with Gasteiger partial charge in [0.2, 0.25) is 0 Å². The van der Waals surface area contributed by atoms with Crippen LogP contribution >= 0.6 is 0 Å². The van der Waals surface area contributed by atoms with Gasteiger partial charge in [-0.1, -0.05) is 31.2 Å². The van der Waals surface area contributed by atoms with Crippen molar-refractivity contribution in [2.45, 2.75) is 25.7 Å². The van der Waals surface area contributed by atoms with Gasteiger partial charge in [0.25, 0.3) is 0 Å². The van der Waals surface area contributed by atoms with E-state index in [0.29, 0.717) is 17.3 Å². The van der Waals surface area contributed by atoms with E-state index in [1.807, 2.05) is 30.5 Å². The number of nitrogen functional groups attached to an aromatic ring is 1. The Morgan fingerprint density at radius 3 is 2.60 bits per heavy atom. The molecule has 0 saturated heterocycles. The maximum atomic E-state index is 10.9. The third-order valence-corrected chi connectivity index (χ3v) is 6.17. The highest BCUT2D eigenvalue weighted by molar-refractivity contribution is 5.86. The van der Waals surface area contributed by atoms with E-state index in [1.54, 1.807) is 6.20 Å². The van der Waals surface area contributed by atoms with Crippen molar-refractivity contribution in [3.05, 3.63) is 48.0 Å². The van der Waals surface area contributed by atoms with E-state index in [1.165, 1.54) is 12.8 Å². The van der Waals surface area contributed by atoms with Gasteiger partial charge in [-0.25, -0.2) is 9.97 Å². The molecule has 2 unspecified atom stereocenters. The van der Waals surface area contributed by atoms with Gasteiger partial charge < -0.3 is 5.73 Å². The second-order valence-electron chi connectivity index (χ2n) is 7.44. The first kappa shape index (κ1) is 14.6. The maximum Gasteiger partial charge on any atom is 0.150 e. The molecule has 0 spiro atoms. The van der Waals surface area contributed by atoms with Gasteiger partial charge in [-0.05, 0) is 30.6 Å². The monoisotopic (exact) mass is 332 g/mol. The molecule has 0 radical (unpaired) electrons. The van der Waals surface area contributed by atoms with Crippen LogP contribution in [0, 0.1) is 17.8 Å². The first-order valence-corrected chi connectivity index (χ1v) is 8.85. The molecule has 2 fully saturated rings. The largest absolute Gasteiger partial charge is 0.382 e. The molecular weight excluding hydrogens is 312 g/mol. The lowest BCUT2D eigenvalue weighted by Gasteiger charge is -2.11. The van der Waals surface area contributed by atoms with Crippen LogP contribution in [-0.4, -0.2) is 20.7 Å². The van der Waals surface area contributed by atoms with Crippen LogP contribution in [0.4, 0.5) is 5.82 Å². The zero-order valence-electron chi connectivity index (χ0n) is 14.1. The quantitative estimate of drug-likeness (QED) is 0.744. The van der Waals surface area contributed by atoms with Gasteiger partial charge in [0, 0.05) is 29.4 Å². The number of benzene rings is 1. The Balaban J connectivity index is 1.64. The summed E-state index contributed by atoms with van der Waals surface area (Å²) >= 11 is 0. The molecular formula is C20H20N4O. The van der Waals surface area contributed by atoms with Gasteiger partial charge in [-0.15, -0.1) is 0 Å². The fraction of sp³-hybridized carbons (Fsp3) is 0.350. The fourth-order valence-electron chi connectivity index (χ4n) is 4.68. The molecule has 5 heteroatoms. The number of carbonyl (C=O) groups is 1. The van der Waals surface area contributed by atoms with Gasteiger partial charge in [0.15, 0.2) is 0 Å². The molecule has 0 aliphatic heterocycles. The summed E-state index contributed by atoms with van der Waals surface area (Å²) in [6.07, 6.45) is 6.99.